The van der Waals surface area contributed by atoms with Crippen LogP contribution in [0.1, 0.15) is 35.2 Å². The highest BCUT2D eigenvalue weighted by Crippen LogP contribution is 2.30. The van der Waals surface area contributed by atoms with E-state index in [4.69, 9.17) is 4.42 Å². The van der Waals surface area contributed by atoms with E-state index in [-0.39, 0.29) is 0 Å². The van der Waals surface area contributed by atoms with Gasteiger partial charge in [-0.05, 0) is 55.0 Å². The summed E-state index contributed by atoms with van der Waals surface area (Å²) in [5.41, 5.74) is 5.35. The van der Waals surface area contributed by atoms with Crippen molar-refractivity contribution >= 4 is 5.96 Å². The van der Waals surface area contributed by atoms with E-state index in [0.717, 1.165) is 29.7 Å². The Morgan fingerprint density at radius 1 is 1.07 bits per heavy atom. The standard InChI is InChI=1S/C23H26N4O2/c1-24-23(25-13-18-15-29-22(27-18)17-8-3-2-4-9-17)26-14-20-19-10-6-5-7-16(19)11-12-21(20)28/h2-4,8-9,11-12,15,28H,5-7,10,13-14H2,1H3,(H2,24,25,26). The first-order valence-electron chi connectivity index (χ1n) is 10.0. The van der Waals surface area contributed by atoms with Crippen molar-refractivity contribution in [2.45, 2.75) is 38.8 Å². The molecule has 0 unspecified atom stereocenters. The van der Waals surface area contributed by atoms with Gasteiger partial charge in [0.25, 0.3) is 0 Å². The Morgan fingerprint density at radius 2 is 1.86 bits per heavy atom. The van der Waals surface area contributed by atoms with Gasteiger partial charge in [-0.2, -0.15) is 0 Å². The van der Waals surface area contributed by atoms with Crippen LogP contribution in [-0.4, -0.2) is 23.1 Å². The van der Waals surface area contributed by atoms with E-state index in [0.29, 0.717) is 30.7 Å². The van der Waals surface area contributed by atoms with Crippen molar-refractivity contribution in [2.75, 3.05) is 7.05 Å². The maximum absolute atomic E-state index is 10.3. The fraction of sp³-hybridized carbons (Fsp3) is 0.304. The van der Waals surface area contributed by atoms with Crippen LogP contribution in [0.2, 0.25) is 0 Å². The minimum atomic E-state index is 0.345. The van der Waals surface area contributed by atoms with E-state index in [2.05, 4.69) is 26.7 Å². The number of guanidine groups is 1. The van der Waals surface area contributed by atoms with Gasteiger partial charge in [0.15, 0.2) is 5.96 Å². The molecule has 3 N–H and O–H groups in total. The molecule has 6 nitrogen and oxygen atoms in total. The number of aryl methyl sites for hydroxylation is 1. The number of aliphatic imine (C=N–C) groups is 1. The summed E-state index contributed by atoms with van der Waals surface area (Å²) in [6.07, 6.45) is 6.16. The number of oxazole rings is 1. The average Bonchev–Trinajstić information content (AvgIpc) is 3.25. The largest absolute Gasteiger partial charge is 0.508 e. The highest BCUT2D eigenvalue weighted by molar-refractivity contribution is 5.79. The number of aromatic hydroxyl groups is 1. The predicted molar refractivity (Wildman–Crippen MR) is 114 cm³/mol. The van der Waals surface area contributed by atoms with Gasteiger partial charge in [0, 0.05) is 24.7 Å². The number of phenolic OH excluding ortho intramolecular Hbond substituents is 1. The van der Waals surface area contributed by atoms with Gasteiger partial charge >= 0.3 is 0 Å². The van der Waals surface area contributed by atoms with Crippen LogP contribution in [0.5, 0.6) is 5.75 Å². The molecular formula is C23H26N4O2. The van der Waals surface area contributed by atoms with Crippen molar-refractivity contribution in [3.8, 4) is 17.2 Å². The molecule has 0 aliphatic heterocycles. The van der Waals surface area contributed by atoms with Gasteiger partial charge in [-0.25, -0.2) is 4.98 Å². The Kier molecular flexibility index (Phi) is 5.79. The number of benzene rings is 2. The fourth-order valence-corrected chi connectivity index (χ4v) is 3.76. The number of hydrogen-bond acceptors (Lipinski definition) is 4. The van der Waals surface area contributed by atoms with Gasteiger partial charge in [-0.3, -0.25) is 4.99 Å². The van der Waals surface area contributed by atoms with Crippen LogP contribution in [0.4, 0.5) is 0 Å². The van der Waals surface area contributed by atoms with Gasteiger partial charge in [0.1, 0.15) is 12.0 Å². The lowest BCUT2D eigenvalue weighted by Crippen LogP contribution is -2.36. The summed E-state index contributed by atoms with van der Waals surface area (Å²) < 4.78 is 5.58. The maximum atomic E-state index is 10.3. The number of rotatable bonds is 5. The molecule has 1 aliphatic carbocycles. The third-order valence-corrected chi connectivity index (χ3v) is 5.29. The maximum Gasteiger partial charge on any atom is 0.226 e. The molecule has 6 heteroatoms. The fourth-order valence-electron chi connectivity index (χ4n) is 3.76. The second kappa shape index (κ2) is 8.82. The molecule has 150 valence electrons. The van der Waals surface area contributed by atoms with Gasteiger partial charge in [0.05, 0.1) is 12.2 Å². The van der Waals surface area contributed by atoms with Gasteiger partial charge < -0.3 is 20.2 Å². The third kappa shape index (κ3) is 4.42. The number of aromatic nitrogens is 1. The molecule has 0 amide bonds. The van der Waals surface area contributed by atoms with Crippen LogP contribution in [0.25, 0.3) is 11.5 Å². The summed E-state index contributed by atoms with van der Waals surface area (Å²) in [4.78, 5) is 8.80. The Bertz CT molecular complexity index is 995. The summed E-state index contributed by atoms with van der Waals surface area (Å²) in [6, 6.07) is 13.7. The van der Waals surface area contributed by atoms with Crippen molar-refractivity contribution < 1.29 is 9.52 Å². The number of nitrogens with one attached hydrogen (secondary N) is 2. The molecule has 0 fully saturated rings. The number of hydrogen-bond donors (Lipinski definition) is 3. The van der Waals surface area contributed by atoms with E-state index in [1.807, 2.05) is 30.3 Å². The second-order valence-corrected chi connectivity index (χ2v) is 7.20. The van der Waals surface area contributed by atoms with Crippen LogP contribution in [0.15, 0.2) is 58.1 Å². The van der Waals surface area contributed by atoms with E-state index in [9.17, 15) is 5.11 Å². The summed E-state index contributed by atoms with van der Waals surface area (Å²) in [5, 5.41) is 16.9. The van der Waals surface area contributed by atoms with Gasteiger partial charge in [0.2, 0.25) is 5.89 Å². The van der Waals surface area contributed by atoms with Crippen molar-refractivity contribution in [1.82, 2.24) is 15.6 Å². The van der Waals surface area contributed by atoms with Crippen molar-refractivity contribution in [2.24, 2.45) is 4.99 Å². The molecule has 2 aromatic carbocycles. The molecular weight excluding hydrogens is 364 g/mol. The predicted octanol–water partition coefficient (Wildman–Crippen LogP) is 3.79. The average molecular weight is 390 g/mol. The van der Waals surface area contributed by atoms with E-state index >= 15 is 0 Å². The molecule has 0 bridgehead atoms. The molecule has 0 spiro atoms. The number of nitrogens with zero attached hydrogens (tertiary/aromatic N) is 2. The summed E-state index contributed by atoms with van der Waals surface area (Å²) in [6.45, 7) is 1.03. The Hall–Kier alpha value is -3.28. The van der Waals surface area contributed by atoms with Gasteiger partial charge in [-0.1, -0.05) is 24.3 Å². The van der Waals surface area contributed by atoms with Crippen LogP contribution in [0, 0.1) is 0 Å². The van der Waals surface area contributed by atoms with Gasteiger partial charge in [-0.15, -0.1) is 0 Å². The number of phenols is 1. The lowest BCUT2D eigenvalue weighted by atomic mass is 9.88. The molecule has 0 saturated carbocycles. The first-order valence-corrected chi connectivity index (χ1v) is 10.0. The van der Waals surface area contributed by atoms with E-state index in [1.54, 1.807) is 19.4 Å². The molecule has 0 atom stereocenters. The van der Waals surface area contributed by atoms with Crippen LogP contribution >= 0.6 is 0 Å². The molecule has 1 heterocycles. The molecule has 4 rings (SSSR count). The SMILES string of the molecule is CN=C(NCc1coc(-c2ccccc2)n1)NCc1c(O)ccc2c1CCCC2. The summed E-state index contributed by atoms with van der Waals surface area (Å²) in [7, 11) is 1.73. The van der Waals surface area contributed by atoms with Crippen molar-refractivity contribution in [3.05, 3.63) is 71.1 Å². The molecule has 29 heavy (non-hydrogen) atoms. The highest BCUT2D eigenvalue weighted by atomic mass is 16.3. The zero-order valence-corrected chi connectivity index (χ0v) is 16.6. The zero-order valence-electron chi connectivity index (χ0n) is 16.6. The highest BCUT2D eigenvalue weighted by Gasteiger charge is 2.16. The Morgan fingerprint density at radius 3 is 2.69 bits per heavy atom. The van der Waals surface area contributed by atoms with Crippen LogP contribution in [-0.2, 0) is 25.9 Å². The normalized spacial score (nSPS) is 13.8. The summed E-state index contributed by atoms with van der Waals surface area (Å²) in [5.74, 6) is 1.60. The smallest absolute Gasteiger partial charge is 0.226 e. The first kappa shape index (κ1) is 19.1. The molecule has 1 aliphatic rings. The lowest BCUT2D eigenvalue weighted by Gasteiger charge is -2.21. The van der Waals surface area contributed by atoms with Crippen molar-refractivity contribution in [3.63, 3.8) is 0 Å². The molecule has 1 aromatic heterocycles. The van der Waals surface area contributed by atoms with Crippen molar-refractivity contribution in [1.29, 1.82) is 0 Å². The third-order valence-electron chi connectivity index (χ3n) is 5.29. The quantitative estimate of drug-likeness (QED) is 0.456. The Balaban J connectivity index is 1.37. The first-order chi connectivity index (χ1) is 14.2. The number of fused-ring (bicyclic) bond motifs is 1. The monoisotopic (exact) mass is 390 g/mol. The zero-order chi connectivity index (χ0) is 20.1. The Labute approximate surface area is 170 Å². The van der Waals surface area contributed by atoms with Crippen LogP contribution in [0.3, 0.4) is 0 Å². The minimum Gasteiger partial charge on any atom is -0.508 e. The topological polar surface area (TPSA) is 82.7 Å². The lowest BCUT2D eigenvalue weighted by molar-refractivity contribution is 0.464. The van der Waals surface area contributed by atoms with E-state index in [1.165, 1.54) is 24.0 Å². The van der Waals surface area contributed by atoms with Crippen LogP contribution < -0.4 is 10.6 Å². The summed E-state index contributed by atoms with van der Waals surface area (Å²) >= 11 is 0. The van der Waals surface area contributed by atoms with E-state index < -0.39 is 0 Å². The molecule has 0 radical (unpaired) electrons. The molecule has 3 aromatic rings. The molecule has 0 saturated heterocycles. The second-order valence-electron chi connectivity index (χ2n) is 7.20. The minimum absolute atomic E-state index is 0.345.